The molecule has 2 rings (SSSR count). The molecule has 1 heterocycles. The van der Waals surface area contributed by atoms with Crippen molar-refractivity contribution in [2.24, 2.45) is 0 Å². The molecule has 1 atom stereocenters. The van der Waals surface area contributed by atoms with Gasteiger partial charge in [-0.1, -0.05) is 12.1 Å². The van der Waals surface area contributed by atoms with Crippen molar-refractivity contribution in [2.45, 2.75) is 19.4 Å². The van der Waals surface area contributed by atoms with Crippen molar-refractivity contribution in [3.8, 4) is 5.75 Å². The van der Waals surface area contributed by atoms with Crippen molar-refractivity contribution >= 4 is 5.69 Å². The number of aliphatic hydroxyl groups excluding tert-OH is 1. The van der Waals surface area contributed by atoms with Crippen LogP contribution in [0.2, 0.25) is 0 Å². The summed E-state index contributed by atoms with van der Waals surface area (Å²) in [6.45, 7) is 5.72. The fourth-order valence-electron chi connectivity index (χ4n) is 2.66. The molecule has 4 nitrogen and oxygen atoms in total. The fourth-order valence-corrected chi connectivity index (χ4v) is 2.66. The molecule has 0 radical (unpaired) electrons. The SMILES string of the molecule is CCOc1ccccc1N1CCC(N(C)CCO)C1. The maximum atomic E-state index is 9.02. The molecule has 0 aliphatic carbocycles. The highest BCUT2D eigenvalue weighted by Crippen LogP contribution is 2.31. The molecule has 0 aromatic heterocycles. The van der Waals surface area contributed by atoms with Crippen LogP contribution in [0.3, 0.4) is 0 Å². The minimum atomic E-state index is 0.225. The Kier molecular flexibility index (Phi) is 5.05. The van der Waals surface area contributed by atoms with Crippen molar-refractivity contribution in [3.63, 3.8) is 0 Å². The zero-order valence-electron chi connectivity index (χ0n) is 11.9. The van der Waals surface area contributed by atoms with Gasteiger partial charge in [-0.2, -0.15) is 0 Å². The van der Waals surface area contributed by atoms with Gasteiger partial charge in [-0.3, -0.25) is 4.90 Å². The molecule has 4 heteroatoms. The van der Waals surface area contributed by atoms with Gasteiger partial charge in [0.15, 0.2) is 0 Å². The summed E-state index contributed by atoms with van der Waals surface area (Å²) in [6, 6.07) is 8.74. The maximum Gasteiger partial charge on any atom is 0.142 e. The first-order valence-electron chi connectivity index (χ1n) is 7.04. The topological polar surface area (TPSA) is 35.9 Å². The Balaban J connectivity index is 2.04. The average molecular weight is 264 g/mol. The van der Waals surface area contributed by atoms with Gasteiger partial charge in [-0.05, 0) is 32.5 Å². The summed E-state index contributed by atoms with van der Waals surface area (Å²) in [5.41, 5.74) is 1.18. The third kappa shape index (κ3) is 3.39. The Hall–Kier alpha value is -1.26. The van der Waals surface area contributed by atoms with E-state index in [0.717, 1.165) is 31.8 Å². The highest BCUT2D eigenvalue weighted by atomic mass is 16.5. The Morgan fingerprint density at radius 3 is 2.95 bits per heavy atom. The number of aliphatic hydroxyl groups is 1. The second-order valence-electron chi connectivity index (χ2n) is 4.99. The fraction of sp³-hybridized carbons (Fsp3) is 0.600. The summed E-state index contributed by atoms with van der Waals surface area (Å²) in [7, 11) is 2.08. The Morgan fingerprint density at radius 1 is 1.42 bits per heavy atom. The van der Waals surface area contributed by atoms with Gasteiger partial charge >= 0.3 is 0 Å². The second kappa shape index (κ2) is 6.78. The Labute approximate surface area is 115 Å². The Bertz CT molecular complexity index is 397. The zero-order valence-corrected chi connectivity index (χ0v) is 11.9. The van der Waals surface area contributed by atoms with Crippen LogP contribution in [0.5, 0.6) is 5.75 Å². The van der Waals surface area contributed by atoms with Crippen molar-refractivity contribution in [2.75, 3.05) is 44.8 Å². The summed E-state index contributed by atoms with van der Waals surface area (Å²) < 4.78 is 5.70. The van der Waals surface area contributed by atoms with Crippen LogP contribution >= 0.6 is 0 Å². The minimum absolute atomic E-state index is 0.225. The molecule has 1 aliphatic rings. The van der Waals surface area contributed by atoms with E-state index in [1.54, 1.807) is 0 Å². The average Bonchev–Trinajstić information content (AvgIpc) is 2.90. The van der Waals surface area contributed by atoms with Crippen LogP contribution in [-0.4, -0.2) is 55.9 Å². The number of rotatable bonds is 6. The Morgan fingerprint density at radius 2 is 2.21 bits per heavy atom. The number of nitrogens with zero attached hydrogens (tertiary/aromatic N) is 2. The van der Waals surface area contributed by atoms with Crippen LogP contribution in [0.1, 0.15) is 13.3 Å². The first-order chi connectivity index (χ1) is 9.26. The summed E-state index contributed by atoms with van der Waals surface area (Å²) in [6.07, 6.45) is 1.14. The summed E-state index contributed by atoms with van der Waals surface area (Å²) in [5.74, 6) is 0.968. The van der Waals surface area contributed by atoms with Gasteiger partial charge in [0.25, 0.3) is 0 Å². The van der Waals surface area contributed by atoms with E-state index in [2.05, 4.69) is 29.0 Å². The molecule has 19 heavy (non-hydrogen) atoms. The van der Waals surface area contributed by atoms with E-state index >= 15 is 0 Å². The summed E-state index contributed by atoms with van der Waals surface area (Å²) in [5, 5.41) is 9.02. The third-order valence-electron chi connectivity index (χ3n) is 3.75. The van der Waals surface area contributed by atoms with Gasteiger partial charge in [-0.25, -0.2) is 0 Å². The lowest BCUT2D eigenvalue weighted by Crippen LogP contribution is -2.36. The standard InChI is InChI=1S/C15H24N2O2/c1-3-19-15-7-5-4-6-14(15)17-9-8-13(12-17)16(2)10-11-18/h4-7,13,18H,3,8-12H2,1-2H3. The highest BCUT2D eigenvalue weighted by Gasteiger charge is 2.26. The number of hydrogen-bond donors (Lipinski definition) is 1. The molecular formula is C15H24N2O2. The lowest BCUT2D eigenvalue weighted by atomic mass is 10.2. The van der Waals surface area contributed by atoms with Crippen LogP contribution in [0.15, 0.2) is 24.3 Å². The minimum Gasteiger partial charge on any atom is -0.492 e. The molecule has 1 N–H and O–H groups in total. The normalized spacial score (nSPS) is 19.2. The van der Waals surface area contributed by atoms with Gasteiger partial charge < -0.3 is 14.7 Å². The molecule has 1 aliphatic heterocycles. The second-order valence-corrected chi connectivity index (χ2v) is 4.99. The lowest BCUT2D eigenvalue weighted by Gasteiger charge is -2.25. The molecule has 0 spiro atoms. The highest BCUT2D eigenvalue weighted by molar-refractivity contribution is 5.59. The number of benzene rings is 1. The molecular weight excluding hydrogens is 240 g/mol. The number of anilines is 1. The van der Waals surface area contributed by atoms with Crippen molar-refractivity contribution < 1.29 is 9.84 Å². The summed E-state index contributed by atoms with van der Waals surface area (Å²) in [4.78, 5) is 4.62. The van der Waals surface area contributed by atoms with Crippen LogP contribution in [0.25, 0.3) is 0 Å². The van der Waals surface area contributed by atoms with Crippen LogP contribution in [0.4, 0.5) is 5.69 Å². The molecule has 1 aromatic carbocycles. The van der Waals surface area contributed by atoms with Gasteiger partial charge in [-0.15, -0.1) is 0 Å². The van der Waals surface area contributed by atoms with Crippen molar-refractivity contribution in [1.29, 1.82) is 0 Å². The predicted molar refractivity (Wildman–Crippen MR) is 77.9 cm³/mol. The van der Waals surface area contributed by atoms with Crippen molar-refractivity contribution in [1.82, 2.24) is 4.90 Å². The quantitative estimate of drug-likeness (QED) is 0.846. The van der Waals surface area contributed by atoms with E-state index in [0.29, 0.717) is 12.6 Å². The molecule has 0 saturated carbocycles. The number of likely N-dealkylation sites (N-methyl/N-ethyl adjacent to an activating group) is 1. The van der Waals surface area contributed by atoms with E-state index < -0.39 is 0 Å². The van der Waals surface area contributed by atoms with Gasteiger partial charge in [0.05, 0.1) is 18.9 Å². The first-order valence-corrected chi connectivity index (χ1v) is 7.04. The molecule has 1 unspecified atom stereocenters. The molecule has 106 valence electrons. The van der Waals surface area contributed by atoms with Gasteiger partial charge in [0.2, 0.25) is 0 Å². The molecule has 1 saturated heterocycles. The monoisotopic (exact) mass is 264 g/mol. The first kappa shape index (κ1) is 14.2. The third-order valence-corrected chi connectivity index (χ3v) is 3.75. The predicted octanol–water partition coefficient (Wildman–Crippen LogP) is 1.59. The number of hydrogen-bond acceptors (Lipinski definition) is 4. The van der Waals surface area contributed by atoms with E-state index in [-0.39, 0.29) is 6.61 Å². The number of para-hydroxylation sites is 2. The zero-order chi connectivity index (χ0) is 13.7. The molecule has 0 bridgehead atoms. The molecule has 0 amide bonds. The van der Waals surface area contributed by atoms with E-state index in [1.807, 2.05) is 19.1 Å². The van der Waals surface area contributed by atoms with Gasteiger partial charge in [0, 0.05) is 25.7 Å². The number of ether oxygens (including phenoxy) is 1. The van der Waals surface area contributed by atoms with E-state index in [9.17, 15) is 0 Å². The van der Waals surface area contributed by atoms with Gasteiger partial charge in [0.1, 0.15) is 5.75 Å². The smallest absolute Gasteiger partial charge is 0.142 e. The largest absolute Gasteiger partial charge is 0.492 e. The molecule has 1 aromatic rings. The van der Waals surface area contributed by atoms with E-state index in [4.69, 9.17) is 9.84 Å². The van der Waals surface area contributed by atoms with Crippen LogP contribution in [-0.2, 0) is 0 Å². The van der Waals surface area contributed by atoms with Crippen molar-refractivity contribution in [3.05, 3.63) is 24.3 Å². The van der Waals surface area contributed by atoms with Crippen LogP contribution < -0.4 is 9.64 Å². The van der Waals surface area contributed by atoms with E-state index in [1.165, 1.54) is 5.69 Å². The lowest BCUT2D eigenvalue weighted by molar-refractivity contribution is 0.188. The van der Waals surface area contributed by atoms with Crippen LogP contribution in [0, 0.1) is 0 Å². The molecule has 1 fully saturated rings. The summed E-state index contributed by atoms with van der Waals surface area (Å²) >= 11 is 0. The maximum absolute atomic E-state index is 9.02.